The predicted molar refractivity (Wildman–Crippen MR) is 145 cm³/mol. The first-order valence-corrected chi connectivity index (χ1v) is 13.4. The molecular formula is C30H27FNO5P. The van der Waals surface area contributed by atoms with Gasteiger partial charge in [0.1, 0.15) is 11.4 Å². The Kier molecular flexibility index (Phi) is 7.80. The molecule has 3 N–H and O–H groups in total. The number of fused-ring (bicyclic) bond motifs is 1. The number of aromatic nitrogens is 1. The summed E-state index contributed by atoms with van der Waals surface area (Å²) in [6.45, 7) is 3.40. The van der Waals surface area contributed by atoms with Crippen molar-refractivity contribution in [2.75, 3.05) is 0 Å². The van der Waals surface area contributed by atoms with E-state index in [0.29, 0.717) is 11.3 Å². The maximum Gasteiger partial charge on any atom is 0.335 e. The SMILES string of the molecule is CC(C)C#CC(C(=O)O)([PH](=O)O)C(O)(Cc1ccc(F)cc1)c1cccc(-c2cccc3ccccc23)n1. The van der Waals surface area contributed by atoms with Crippen molar-refractivity contribution in [2.45, 2.75) is 31.0 Å². The van der Waals surface area contributed by atoms with Crippen molar-refractivity contribution in [1.82, 2.24) is 4.98 Å². The maximum absolute atomic E-state index is 13.6. The summed E-state index contributed by atoms with van der Waals surface area (Å²) in [5, 5.41) is 21.7. The van der Waals surface area contributed by atoms with Crippen LogP contribution in [0.25, 0.3) is 22.0 Å². The molecule has 1 aromatic heterocycles. The Labute approximate surface area is 220 Å². The Hall–Kier alpha value is -3.82. The molecule has 3 atom stereocenters. The summed E-state index contributed by atoms with van der Waals surface area (Å²) in [4.78, 5) is 27.9. The largest absolute Gasteiger partial charge is 0.480 e. The molecule has 3 aromatic carbocycles. The van der Waals surface area contributed by atoms with E-state index in [0.717, 1.165) is 16.3 Å². The van der Waals surface area contributed by atoms with Crippen molar-refractivity contribution in [3.63, 3.8) is 0 Å². The molecule has 0 aliphatic heterocycles. The molecule has 0 amide bonds. The molecule has 0 saturated carbocycles. The molecule has 8 heteroatoms. The van der Waals surface area contributed by atoms with Gasteiger partial charge in [-0.2, -0.15) is 0 Å². The molecule has 6 nitrogen and oxygen atoms in total. The summed E-state index contributed by atoms with van der Waals surface area (Å²) in [5.41, 5.74) is -1.18. The van der Waals surface area contributed by atoms with E-state index in [9.17, 15) is 28.9 Å². The second-order valence-corrected chi connectivity index (χ2v) is 10.7. The third-order valence-electron chi connectivity index (χ3n) is 6.42. The first kappa shape index (κ1) is 27.2. The zero-order valence-corrected chi connectivity index (χ0v) is 21.9. The highest BCUT2D eigenvalue weighted by Gasteiger charge is 2.61. The Morgan fingerprint density at radius 3 is 2.32 bits per heavy atom. The van der Waals surface area contributed by atoms with Crippen molar-refractivity contribution in [3.8, 4) is 23.1 Å². The third-order valence-corrected chi connectivity index (χ3v) is 7.82. The highest BCUT2D eigenvalue weighted by Crippen LogP contribution is 2.50. The van der Waals surface area contributed by atoms with E-state index in [1.54, 1.807) is 26.0 Å². The van der Waals surface area contributed by atoms with Crippen LogP contribution in [0, 0.1) is 23.6 Å². The molecule has 1 heterocycles. The van der Waals surface area contributed by atoms with Crippen LogP contribution in [0.2, 0.25) is 0 Å². The smallest absolute Gasteiger partial charge is 0.335 e. The van der Waals surface area contributed by atoms with Crippen molar-refractivity contribution >= 4 is 24.8 Å². The van der Waals surface area contributed by atoms with Crippen LogP contribution in [0.5, 0.6) is 0 Å². The van der Waals surface area contributed by atoms with Gasteiger partial charge in [-0.1, -0.05) is 86.4 Å². The minimum atomic E-state index is -4.06. The average Bonchev–Trinajstić information content (AvgIpc) is 2.89. The van der Waals surface area contributed by atoms with Crippen molar-refractivity contribution < 1.29 is 28.9 Å². The second-order valence-electron chi connectivity index (χ2n) is 9.38. The lowest BCUT2D eigenvalue weighted by Crippen LogP contribution is -2.55. The number of halogens is 1. The fraction of sp³-hybridized carbons (Fsp3) is 0.200. The monoisotopic (exact) mass is 531 g/mol. The number of hydrogen-bond acceptors (Lipinski definition) is 4. The van der Waals surface area contributed by atoms with Gasteiger partial charge in [-0.3, -0.25) is 4.57 Å². The number of carboxylic acid groups (broad SMARTS) is 1. The Balaban J connectivity index is 2.01. The molecule has 0 spiro atoms. The van der Waals surface area contributed by atoms with Crippen LogP contribution < -0.4 is 0 Å². The van der Waals surface area contributed by atoms with Crippen molar-refractivity contribution in [1.29, 1.82) is 0 Å². The molecule has 0 aliphatic carbocycles. The van der Waals surface area contributed by atoms with Gasteiger partial charge in [0, 0.05) is 17.9 Å². The Morgan fingerprint density at radius 2 is 1.66 bits per heavy atom. The van der Waals surface area contributed by atoms with Crippen LogP contribution in [0.1, 0.15) is 25.1 Å². The van der Waals surface area contributed by atoms with E-state index >= 15 is 0 Å². The van der Waals surface area contributed by atoms with Gasteiger partial charge in [0.2, 0.25) is 13.2 Å². The normalized spacial score (nSPS) is 15.2. The maximum atomic E-state index is 13.6. The molecule has 0 bridgehead atoms. The molecule has 0 radical (unpaired) electrons. The van der Waals surface area contributed by atoms with E-state index in [1.807, 2.05) is 42.5 Å². The number of benzene rings is 3. The molecular weight excluding hydrogens is 504 g/mol. The Morgan fingerprint density at radius 1 is 1.00 bits per heavy atom. The first-order valence-electron chi connectivity index (χ1n) is 12.0. The van der Waals surface area contributed by atoms with Gasteiger partial charge in [-0.15, -0.1) is 0 Å². The number of aliphatic hydroxyl groups is 1. The van der Waals surface area contributed by atoms with E-state index < -0.39 is 37.0 Å². The molecule has 0 saturated heterocycles. The van der Waals surface area contributed by atoms with Crippen LogP contribution >= 0.6 is 8.03 Å². The lowest BCUT2D eigenvalue weighted by Gasteiger charge is -2.39. The summed E-state index contributed by atoms with van der Waals surface area (Å²) in [6, 6.07) is 23.1. The van der Waals surface area contributed by atoms with Crippen LogP contribution in [0.4, 0.5) is 4.39 Å². The minimum absolute atomic E-state index is 0.139. The van der Waals surface area contributed by atoms with Gasteiger partial charge in [-0.25, -0.2) is 14.2 Å². The lowest BCUT2D eigenvalue weighted by atomic mass is 9.78. The van der Waals surface area contributed by atoms with E-state index in [2.05, 4.69) is 16.8 Å². The summed E-state index contributed by atoms with van der Waals surface area (Å²) in [7, 11) is -4.06. The zero-order chi connectivity index (χ0) is 27.5. The van der Waals surface area contributed by atoms with Gasteiger partial charge in [-0.05, 0) is 40.6 Å². The quantitative estimate of drug-likeness (QED) is 0.217. The molecule has 38 heavy (non-hydrogen) atoms. The third kappa shape index (κ3) is 4.99. The summed E-state index contributed by atoms with van der Waals surface area (Å²) in [5.74, 6) is 2.52. The predicted octanol–water partition coefficient (Wildman–Crippen LogP) is 5.42. The average molecular weight is 532 g/mol. The number of rotatable bonds is 7. The number of nitrogens with zero attached hydrogens (tertiary/aromatic N) is 1. The minimum Gasteiger partial charge on any atom is -0.480 e. The van der Waals surface area contributed by atoms with Gasteiger partial charge in [0.05, 0.1) is 11.4 Å². The highest BCUT2D eigenvalue weighted by molar-refractivity contribution is 7.42. The first-order chi connectivity index (χ1) is 18.1. The highest BCUT2D eigenvalue weighted by atomic mass is 31.1. The molecule has 4 aromatic rings. The van der Waals surface area contributed by atoms with Gasteiger partial charge < -0.3 is 15.1 Å². The number of hydrogen-bond donors (Lipinski definition) is 3. The standard InChI is InChI=1S/C30H27FNO5P/c1-20(2)17-18-30(28(33)34,38(36)37)29(35,19-21-13-15-23(31)16-14-21)27-12-6-11-26(32-27)25-10-5-8-22-7-3-4-9-24(22)25/h3-16,20,35,38H,19H2,1-2H3,(H,33,34)(H,36,37). The summed E-state index contributed by atoms with van der Waals surface area (Å²) >= 11 is 0. The van der Waals surface area contributed by atoms with Crippen molar-refractivity contribution in [3.05, 3.63) is 102 Å². The van der Waals surface area contributed by atoms with Gasteiger partial charge >= 0.3 is 5.97 Å². The van der Waals surface area contributed by atoms with Gasteiger partial charge in [0.15, 0.2) is 0 Å². The fourth-order valence-corrected chi connectivity index (χ4v) is 5.42. The zero-order valence-electron chi connectivity index (χ0n) is 20.9. The number of aliphatic carboxylic acids is 1. The van der Waals surface area contributed by atoms with E-state index in [4.69, 9.17) is 0 Å². The number of carbonyl (C=O) groups is 1. The van der Waals surface area contributed by atoms with Gasteiger partial charge in [0.25, 0.3) is 0 Å². The van der Waals surface area contributed by atoms with Crippen LogP contribution in [0.15, 0.2) is 84.9 Å². The summed E-state index contributed by atoms with van der Waals surface area (Å²) < 4.78 is 26.6. The molecule has 194 valence electrons. The molecule has 0 fully saturated rings. The molecule has 3 unspecified atom stereocenters. The van der Waals surface area contributed by atoms with E-state index in [-0.39, 0.29) is 11.6 Å². The molecule has 0 aliphatic rings. The van der Waals surface area contributed by atoms with Crippen molar-refractivity contribution in [2.24, 2.45) is 5.92 Å². The molecule has 4 rings (SSSR count). The van der Waals surface area contributed by atoms with E-state index in [1.165, 1.54) is 30.3 Å². The van der Waals surface area contributed by atoms with Crippen LogP contribution in [-0.4, -0.2) is 31.2 Å². The number of pyridine rings is 1. The Bertz CT molecular complexity index is 1560. The number of carboxylic acids is 1. The topological polar surface area (TPSA) is 108 Å². The van der Waals surface area contributed by atoms with Crippen LogP contribution in [0.3, 0.4) is 0 Å². The summed E-state index contributed by atoms with van der Waals surface area (Å²) in [6.07, 6.45) is -0.449. The fourth-order valence-electron chi connectivity index (χ4n) is 4.48. The van der Waals surface area contributed by atoms with Crippen LogP contribution in [-0.2, 0) is 21.4 Å². The second kappa shape index (κ2) is 10.9. The lowest BCUT2D eigenvalue weighted by molar-refractivity contribution is -0.146.